The van der Waals surface area contributed by atoms with Crippen LogP contribution in [0.1, 0.15) is 98.4 Å². The van der Waals surface area contributed by atoms with E-state index in [0.717, 1.165) is 38.9 Å². The van der Waals surface area contributed by atoms with Gasteiger partial charge in [0.15, 0.2) is 0 Å². The van der Waals surface area contributed by atoms with Crippen LogP contribution in [-0.2, 0) is 13.6 Å². The van der Waals surface area contributed by atoms with Crippen LogP contribution in [0.25, 0.3) is 10.8 Å². The molecule has 1 saturated heterocycles. The molecule has 44 heavy (non-hydrogen) atoms. The van der Waals surface area contributed by atoms with Crippen molar-refractivity contribution in [1.82, 2.24) is 0 Å². The van der Waals surface area contributed by atoms with Gasteiger partial charge in [-0.1, -0.05) is 94.4 Å². The highest BCUT2D eigenvalue weighted by molar-refractivity contribution is 7.47. The predicted molar refractivity (Wildman–Crippen MR) is 179 cm³/mol. The van der Waals surface area contributed by atoms with Gasteiger partial charge in [-0.05, 0) is 84.7 Å². The highest BCUT2D eigenvalue weighted by Crippen LogP contribution is 2.59. The summed E-state index contributed by atoms with van der Waals surface area (Å²) in [5.41, 5.74) is 15.0. The van der Waals surface area contributed by atoms with Crippen molar-refractivity contribution < 1.29 is 23.2 Å². The number of hydrogen-bond donors (Lipinski definition) is 2. The standard InChI is InChI=1S/C22H29NO.C15H17O4P/c1-12(2)16-8-10-17(11-9-16)19-18-15(5)20(23)13(3)14(4)21(18)24-22(19,6)7;1-15(2)10-18-20(16,17)19-14(15)13-9-5-7-11-6-3-4-8-12(11)13/h8-12,19H,23H2,1-7H3;3-9,14H,10H2,1-2H3,(H,16,17)/t19-;/m1./s1. The molecule has 0 radical (unpaired) electrons. The molecule has 2 aliphatic heterocycles. The minimum atomic E-state index is -3.97. The van der Waals surface area contributed by atoms with Gasteiger partial charge < -0.3 is 15.4 Å². The molecule has 6 nitrogen and oxygen atoms in total. The van der Waals surface area contributed by atoms with Crippen LogP contribution in [0, 0.1) is 26.2 Å². The van der Waals surface area contributed by atoms with E-state index in [4.69, 9.17) is 19.5 Å². The van der Waals surface area contributed by atoms with Crippen LogP contribution in [0.5, 0.6) is 5.75 Å². The number of nitrogen functional groups attached to an aromatic ring is 1. The van der Waals surface area contributed by atoms with Crippen molar-refractivity contribution in [3.8, 4) is 5.75 Å². The summed E-state index contributed by atoms with van der Waals surface area (Å²) in [5, 5.41) is 2.12. The van der Waals surface area contributed by atoms with Gasteiger partial charge in [0.1, 0.15) is 17.5 Å². The number of rotatable bonds is 3. The van der Waals surface area contributed by atoms with E-state index >= 15 is 0 Å². The zero-order valence-electron chi connectivity index (χ0n) is 27.4. The largest absolute Gasteiger partial charge is 0.486 e. The molecule has 0 aromatic heterocycles. The number of fused-ring (bicyclic) bond motifs is 2. The van der Waals surface area contributed by atoms with Gasteiger partial charge in [-0.25, -0.2) is 4.57 Å². The zero-order valence-corrected chi connectivity index (χ0v) is 28.3. The Labute approximate surface area is 262 Å². The summed E-state index contributed by atoms with van der Waals surface area (Å²) in [6.45, 7) is 19.3. The Balaban J connectivity index is 0.000000177. The summed E-state index contributed by atoms with van der Waals surface area (Å²) < 4.78 is 28.5. The monoisotopic (exact) mass is 615 g/mol. The lowest BCUT2D eigenvalue weighted by molar-refractivity contribution is -0.0465. The van der Waals surface area contributed by atoms with Crippen LogP contribution < -0.4 is 10.5 Å². The highest BCUT2D eigenvalue weighted by Gasteiger charge is 2.46. The maximum absolute atomic E-state index is 11.8. The fourth-order valence-corrected chi connectivity index (χ4v) is 7.77. The first-order chi connectivity index (χ1) is 20.5. The van der Waals surface area contributed by atoms with Crippen molar-refractivity contribution in [2.45, 2.75) is 85.9 Å². The molecule has 2 aliphatic rings. The summed E-state index contributed by atoms with van der Waals surface area (Å²) in [6, 6.07) is 22.8. The van der Waals surface area contributed by atoms with Gasteiger partial charge in [0.25, 0.3) is 0 Å². The van der Waals surface area contributed by atoms with Crippen molar-refractivity contribution >= 4 is 24.3 Å². The fraction of sp³-hybridized carbons (Fsp3) is 0.405. The lowest BCUT2D eigenvalue weighted by atomic mass is 9.78. The van der Waals surface area contributed by atoms with Crippen LogP contribution in [0.2, 0.25) is 0 Å². The molecule has 0 aliphatic carbocycles. The molecule has 2 heterocycles. The molecule has 3 N–H and O–H groups in total. The maximum atomic E-state index is 11.8. The predicted octanol–water partition coefficient (Wildman–Crippen LogP) is 9.67. The van der Waals surface area contributed by atoms with Crippen molar-refractivity contribution in [2.75, 3.05) is 12.3 Å². The van der Waals surface area contributed by atoms with E-state index in [1.54, 1.807) is 0 Å². The first-order valence-electron chi connectivity index (χ1n) is 15.4. The number of hydrogen-bond acceptors (Lipinski definition) is 5. The molecule has 234 valence electrons. The molecule has 4 aromatic carbocycles. The Morgan fingerprint density at radius 1 is 0.886 bits per heavy atom. The summed E-state index contributed by atoms with van der Waals surface area (Å²) >= 11 is 0. The molecule has 0 saturated carbocycles. The van der Waals surface area contributed by atoms with Gasteiger partial charge in [-0.2, -0.15) is 0 Å². The van der Waals surface area contributed by atoms with Crippen LogP contribution in [-0.4, -0.2) is 17.1 Å². The average molecular weight is 616 g/mol. The van der Waals surface area contributed by atoms with Crippen LogP contribution >= 0.6 is 7.82 Å². The lowest BCUT2D eigenvalue weighted by Crippen LogP contribution is -2.33. The number of anilines is 1. The van der Waals surface area contributed by atoms with E-state index in [1.807, 2.05) is 56.3 Å². The first-order valence-corrected chi connectivity index (χ1v) is 16.8. The zero-order chi connectivity index (χ0) is 32.2. The van der Waals surface area contributed by atoms with Crippen molar-refractivity contribution in [3.63, 3.8) is 0 Å². The minimum Gasteiger partial charge on any atom is -0.486 e. The first kappa shape index (κ1) is 32.2. The third kappa shape index (κ3) is 5.93. The SMILES string of the molecule is CC1(C)COP(=O)(O)OC1c1cccc2ccccc12.Cc1c(C)c2c(c(C)c1N)[C@@H](c1ccc(C(C)C)cc1)C(C)(C)O2. The molecule has 0 amide bonds. The molecule has 0 bridgehead atoms. The molecule has 4 aromatic rings. The molecular formula is C37H46NO5P. The molecule has 6 rings (SSSR count). The molecule has 7 heteroatoms. The third-order valence-corrected chi connectivity index (χ3v) is 10.2. The number of phosphoric acid groups is 1. The Morgan fingerprint density at radius 2 is 1.52 bits per heavy atom. The lowest BCUT2D eigenvalue weighted by Gasteiger charge is -2.39. The Morgan fingerprint density at radius 3 is 2.18 bits per heavy atom. The normalized spacial score (nSPS) is 23.5. The molecule has 2 unspecified atom stereocenters. The minimum absolute atomic E-state index is 0.189. The van der Waals surface area contributed by atoms with Gasteiger partial charge in [0, 0.05) is 16.7 Å². The van der Waals surface area contributed by atoms with Gasteiger partial charge in [0.05, 0.1) is 12.5 Å². The smallest absolute Gasteiger partial charge is 0.472 e. The second kappa shape index (κ2) is 11.7. The molecule has 0 spiro atoms. The van der Waals surface area contributed by atoms with E-state index in [0.29, 0.717) is 5.92 Å². The van der Waals surface area contributed by atoms with E-state index in [1.165, 1.54) is 22.3 Å². The average Bonchev–Trinajstić information content (AvgIpc) is 3.27. The van der Waals surface area contributed by atoms with Gasteiger partial charge >= 0.3 is 7.82 Å². The third-order valence-electron chi connectivity index (χ3n) is 9.30. The number of benzene rings is 4. The summed E-state index contributed by atoms with van der Waals surface area (Å²) in [6.07, 6.45) is -0.474. The van der Waals surface area contributed by atoms with Gasteiger partial charge in [-0.3, -0.25) is 9.05 Å². The molecule has 1 fully saturated rings. The topological polar surface area (TPSA) is 91.0 Å². The van der Waals surface area contributed by atoms with Crippen LogP contribution in [0.4, 0.5) is 5.69 Å². The summed E-state index contributed by atoms with van der Waals surface area (Å²) in [4.78, 5) is 9.62. The van der Waals surface area contributed by atoms with Crippen molar-refractivity contribution in [3.05, 3.63) is 106 Å². The van der Waals surface area contributed by atoms with Crippen LogP contribution in [0.15, 0.2) is 66.7 Å². The van der Waals surface area contributed by atoms with Crippen LogP contribution in [0.3, 0.4) is 0 Å². The maximum Gasteiger partial charge on any atom is 0.472 e. The Bertz CT molecular complexity index is 1740. The van der Waals surface area contributed by atoms with Gasteiger partial charge in [0.2, 0.25) is 0 Å². The second-order valence-corrected chi connectivity index (χ2v) is 15.2. The Kier molecular flexibility index (Phi) is 8.54. The second-order valence-electron chi connectivity index (χ2n) is 13.8. The van der Waals surface area contributed by atoms with Gasteiger partial charge in [-0.15, -0.1) is 0 Å². The van der Waals surface area contributed by atoms with Crippen molar-refractivity contribution in [2.24, 2.45) is 5.41 Å². The molecule has 3 atom stereocenters. The summed E-state index contributed by atoms with van der Waals surface area (Å²) in [5.74, 6) is 1.78. The fourth-order valence-electron chi connectivity index (χ4n) is 6.55. The van der Waals surface area contributed by atoms with E-state index in [-0.39, 0.29) is 23.5 Å². The van der Waals surface area contributed by atoms with E-state index < -0.39 is 13.9 Å². The van der Waals surface area contributed by atoms with Crippen molar-refractivity contribution in [1.29, 1.82) is 0 Å². The van der Waals surface area contributed by atoms with E-state index in [9.17, 15) is 9.46 Å². The van der Waals surface area contributed by atoms with E-state index in [2.05, 4.69) is 72.7 Å². The highest BCUT2D eigenvalue weighted by atomic mass is 31.2. The number of nitrogens with two attached hydrogens (primary N) is 1. The number of phosphoric ester groups is 1. The summed E-state index contributed by atoms with van der Waals surface area (Å²) in [7, 11) is -3.97. The molecular weight excluding hydrogens is 569 g/mol. The quantitative estimate of drug-likeness (QED) is 0.176. The Hall–Kier alpha value is -3.15. The number of ether oxygens (including phenoxy) is 1.